The number of carbonyl (C=O) groups is 2. The van der Waals surface area contributed by atoms with Crippen molar-refractivity contribution in [1.82, 2.24) is 5.43 Å². The molecule has 0 aromatic heterocycles. The van der Waals surface area contributed by atoms with Crippen LogP contribution in [0.15, 0.2) is 53.6 Å². The molecule has 0 aliphatic heterocycles. The van der Waals surface area contributed by atoms with Crippen LogP contribution < -0.4 is 10.7 Å². The predicted molar refractivity (Wildman–Crippen MR) is 91.4 cm³/mol. The van der Waals surface area contributed by atoms with Gasteiger partial charge in [-0.1, -0.05) is 41.9 Å². The maximum atomic E-state index is 13.0. The molecule has 124 valence electrons. The van der Waals surface area contributed by atoms with Crippen molar-refractivity contribution in [3.05, 3.63) is 64.9 Å². The van der Waals surface area contributed by atoms with Crippen molar-refractivity contribution in [3.8, 4) is 0 Å². The van der Waals surface area contributed by atoms with Gasteiger partial charge in [0, 0.05) is 11.9 Å². The van der Waals surface area contributed by atoms with Crippen LogP contribution in [0.3, 0.4) is 0 Å². The minimum Gasteiger partial charge on any atom is -0.318 e. The Labute approximate surface area is 143 Å². The monoisotopic (exact) mass is 347 g/mol. The van der Waals surface area contributed by atoms with Crippen LogP contribution in [0.4, 0.5) is 10.1 Å². The molecule has 2 aromatic carbocycles. The van der Waals surface area contributed by atoms with Gasteiger partial charge in [0.1, 0.15) is 5.82 Å². The first-order valence-corrected chi connectivity index (χ1v) is 7.56. The van der Waals surface area contributed by atoms with Crippen LogP contribution in [0.2, 0.25) is 5.02 Å². The molecule has 0 saturated heterocycles. The highest BCUT2D eigenvalue weighted by Crippen LogP contribution is 2.19. The number of aryl methyl sites for hydroxylation is 1. The standard InChI is InChI=1S/C17H15ClFN3O2/c18-14-11-13(8-9-15(14)19)21-16(23)17(24)22-20-10-4-7-12-5-2-1-3-6-12/h1-3,5-6,8-11H,4,7H2,(H,21,23)(H,22,24)/b20-10+. The Balaban J connectivity index is 1.76. The van der Waals surface area contributed by atoms with Crippen molar-refractivity contribution in [3.63, 3.8) is 0 Å². The largest absolute Gasteiger partial charge is 0.329 e. The summed E-state index contributed by atoms with van der Waals surface area (Å²) in [6.07, 6.45) is 2.92. The van der Waals surface area contributed by atoms with Gasteiger partial charge in [-0.05, 0) is 36.6 Å². The average molecular weight is 348 g/mol. The summed E-state index contributed by atoms with van der Waals surface area (Å²) in [6.45, 7) is 0. The van der Waals surface area contributed by atoms with Crippen molar-refractivity contribution in [2.24, 2.45) is 5.10 Å². The molecule has 0 aliphatic carbocycles. The molecule has 24 heavy (non-hydrogen) atoms. The molecule has 2 aromatic rings. The van der Waals surface area contributed by atoms with E-state index >= 15 is 0 Å². The van der Waals surface area contributed by atoms with Gasteiger partial charge in [0.25, 0.3) is 0 Å². The first-order valence-electron chi connectivity index (χ1n) is 7.18. The van der Waals surface area contributed by atoms with Gasteiger partial charge in [0.2, 0.25) is 0 Å². The topological polar surface area (TPSA) is 70.6 Å². The van der Waals surface area contributed by atoms with E-state index in [9.17, 15) is 14.0 Å². The zero-order chi connectivity index (χ0) is 17.4. The van der Waals surface area contributed by atoms with E-state index in [-0.39, 0.29) is 10.7 Å². The van der Waals surface area contributed by atoms with Crippen LogP contribution in [-0.4, -0.2) is 18.0 Å². The number of nitrogens with zero attached hydrogens (tertiary/aromatic N) is 1. The van der Waals surface area contributed by atoms with E-state index in [0.29, 0.717) is 6.42 Å². The second-order valence-electron chi connectivity index (χ2n) is 4.86. The van der Waals surface area contributed by atoms with Gasteiger partial charge in [-0.15, -0.1) is 0 Å². The van der Waals surface area contributed by atoms with E-state index in [0.717, 1.165) is 18.1 Å². The lowest BCUT2D eigenvalue weighted by atomic mass is 10.1. The van der Waals surface area contributed by atoms with Crippen LogP contribution in [-0.2, 0) is 16.0 Å². The summed E-state index contributed by atoms with van der Waals surface area (Å²) in [4.78, 5) is 23.2. The zero-order valence-corrected chi connectivity index (χ0v) is 13.4. The SMILES string of the molecule is O=C(N/N=C/CCc1ccccc1)C(=O)Nc1ccc(F)c(Cl)c1. The Kier molecular flexibility index (Phi) is 6.45. The Morgan fingerprint density at radius 3 is 2.58 bits per heavy atom. The fourth-order valence-corrected chi connectivity index (χ4v) is 2.04. The maximum Gasteiger partial charge on any atom is 0.329 e. The van der Waals surface area contributed by atoms with E-state index in [4.69, 9.17) is 11.6 Å². The fraction of sp³-hybridized carbons (Fsp3) is 0.118. The van der Waals surface area contributed by atoms with E-state index in [1.807, 2.05) is 30.3 Å². The van der Waals surface area contributed by atoms with Gasteiger partial charge < -0.3 is 5.32 Å². The molecule has 0 unspecified atom stereocenters. The molecule has 2 N–H and O–H groups in total. The Hall–Kier alpha value is -2.73. The zero-order valence-electron chi connectivity index (χ0n) is 12.6. The van der Waals surface area contributed by atoms with Crippen LogP contribution in [0.5, 0.6) is 0 Å². The number of carbonyl (C=O) groups excluding carboxylic acids is 2. The lowest BCUT2D eigenvalue weighted by Crippen LogP contribution is -2.32. The van der Waals surface area contributed by atoms with E-state index in [1.165, 1.54) is 18.3 Å². The number of nitrogens with one attached hydrogen (secondary N) is 2. The number of hydrazone groups is 1. The molecule has 5 nitrogen and oxygen atoms in total. The van der Waals surface area contributed by atoms with Gasteiger partial charge in [0.05, 0.1) is 5.02 Å². The first-order chi connectivity index (χ1) is 11.6. The van der Waals surface area contributed by atoms with Gasteiger partial charge in [-0.25, -0.2) is 9.82 Å². The van der Waals surface area contributed by atoms with E-state index in [2.05, 4.69) is 15.8 Å². The lowest BCUT2D eigenvalue weighted by molar-refractivity contribution is -0.136. The highest BCUT2D eigenvalue weighted by atomic mass is 35.5. The van der Waals surface area contributed by atoms with Crippen LogP contribution in [0, 0.1) is 5.82 Å². The van der Waals surface area contributed by atoms with Gasteiger partial charge in [0.15, 0.2) is 0 Å². The molecule has 0 fully saturated rings. The number of anilines is 1. The molecule has 2 amide bonds. The Morgan fingerprint density at radius 1 is 1.12 bits per heavy atom. The van der Waals surface area contributed by atoms with E-state index in [1.54, 1.807) is 0 Å². The average Bonchev–Trinajstić information content (AvgIpc) is 2.58. The molecule has 0 heterocycles. The third kappa shape index (κ3) is 5.48. The second kappa shape index (κ2) is 8.79. The second-order valence-corrected chi connectivity index (χ2v) is 5.27. The minimum atomic E-state index is -0.925. The van der Waals surface area contributed by atoms with Crippen molar-refractivity contribution < 1.29 is 14.0 Å². The molecular formula is C17H15ClFN3O2. The number of benzene rings is 2. The quantitative estimate of drug-likeness (QED) is 0.495. The van der Waals surface area contributed by atoms with Crippen molar-refractivity contribution in [1.29, 1.82) is 0 Å². The maximum absolute atomic E-state index is 13.0. The summed E-state index contributed by atoms with van der Waals surface area (Å²) in [5.41, 5.74) is 3.50. The molecule has 0 atom stereocenters. The lowest BCUT2D eigenvalue weighted by Gasteiger charge is -2.04. The molecule has 0 bridgehead atoms. The summed E-state index contributed by atoms with van der Waals surface area (Å²) in [5, 5.41) is 5.86. The van der Waals surface area contributed by atoms with E-state index < -0.39 is 17.6 Å². The predicted octanol–water partition coefficient (Wildman–Crippen LogP) is 3.15. The van der Waals surface area contributed by atoms with Crippen LogP contribution in [0.25, 0.3) is 0 Å². The van der Waals surface area contributed by atoms with Gasteiger partial charge in [-0.3, -0.25) is 9.59 Å². The third-order valence-electron chi connectivity index (χ3n) is 3.05. The normalized spacial score (nSPS) is 10.6. The smallest absolute Gasteiger partial charge is 0.318 e. The number of hydrogen-bond donors (Lipinski definition) is 2. The van der Waals surface area contributed by atoms with Crippen molar-refractivity contribution in [2.75, 3.05) is 5.32 Å². The van der Waals surface area contributed by atoms with Crippen LogP contribution >= 0.6 is 11.6 Å². The molecule has 2 rings (SSSR count). The third-order valence-corrected chi connectivity index (χ3v) is 3.34. The fourth-order valence-electron chi connectivity index (χ4n) is 1.86. The van der Waals surface area contributed by atoms with Crippen molar-refractivity contribution in [2.45, 2.75) is 12.8 Å². The molecular weight excluding hydrogens is 333 g/mol. The van der Waals surface area contributed by atoms with Gasteiger partial charge >= 0.3 is 11.8 Å². The summed E-state index contributed by atoms with van der Waals surface area (Å²) in [6, 6.07) is 13.4. The number of hydrogen-bond acceptors (Lipinski definition) is 3. The number of amides is 2. The molecule has 0 saturated carbocycles. The Bertz CT molecular complexity index is 751. The van der Waals surface area contributed by atoms with Gasteiger partial charge in [-0.2, -0.15) is 5.10 Å². The summed E-state index contributed by atoms with van der Waals surface area (Å²) in [5.74, 6) is -2.45. The number of rotatable bonds is 5. The summed E-state index contributed by atoms with van der Waals surface area (Å²) in [7, 11) is 0. The summed E-state index contributed by atoms with van der Waals surface area (Å²) >= 11 is 5.60. The summed E-state index contributed by atoms with van der Waals surface area (Å²) < 4.78 is 13.0. The van der Waals surface area contributed by atoms with Crippen molar-refractivity contribution >= 4 is 35.3 Å². The first kappa shape index (κ1) is 17.6. The Morgan fingerprint density at radius 2 is 1.88 bits per heavy atom. The van der Waals surface area contributed by atoms with Crippen LogP contribution in [0.1, 0.15) is 12.0 Å². The minimum absolute atomic E-state index is 0.146. The molecule has 0 radical (unpaired) electrons. The highest BCUT2D eigenvalue weighted by molar-refractivity contribution is 6.39. The number of halogens is 2. The molecule has 0 aliphatic rings. The molecule has 0 spiro atoms. The molecule has 7 heteroatoms. The highest BCUT2D eigenvalue weighted by Gasteiger charge is 2.13.